The largest absolute Gasteiger partial charge is 0.494 e. The highest BCUT2D eigenvalue weighted by atomic mass is 16.5. The Morgan fingerprint density at radius 1 is 0.837 bits per heavy atom. The second kappa shape index (κ2) is 17.5. The Bertz CT molecular complexity index is 1300. The van der Waals surface area contributed by atoms with E-state index in [9.17, 15) is 14.4 Å². The molecular formula is C32H42N6O5. The van der Waals surface area contributed by atoms with E-state index in [1.807, 2.05) is 37.3 Å². The Morgan fingerprint density at radius 2 is 1.47 bits per heavy atom. The second-order valence-corrected chi connectivity index (χ2v) is 9.85. The molecule has 230 valence electrons. The van der Waals surface area contributed by atoms with E-state index >= 15 is 0 Å². The summed E-state index contributed by atoms with van der Waals surface area (Å²) in [5.74, 6) is 0.326. The summed E-state index contributed by atoms with van der Waals surface area (Å²) in [6.07, 6.45) is 0.590. The number of nitrogens with two attached hydrogens (primary N) is 3. The standard InChI is InChI=1S/C32H42N6O5/c1-2-42-24-13-15-25(16-14-24)43-29-11-7-6-10-27(29)36-32(41)28(17-12-23-8-4-3-5-9-23)37-31(40)26(35)22-30(39)38(20-18-33)21-19-34/h3-11,13-16,26,28H,2,12,17-22,33-35H2,1H3,(H,36,41)(H,37,40)/t26-,28-/m0/s1. The lowest BCUT2D eigenvalue weighted by Gasteiger charge is -2.24. The molecule has 43 heavy (non-hydrogen) atoms. The Hall–Kier alpha value is -4.45. The molecule has 0 unspecified atom stereocenters. The minimum atomic E-state index is -1.16. The van der Waals surface area contributed by atoms with Crippen LogP contribution in [0, 0.1) is 0 Å². The molecule has 0 saturated carbocycles. The molecule has 0 radical (unpaired) electrons. The number of anilines is 1. The van der Waals surface area contributed by atoms with Gasteiger partial charge in [-0.2, -0.15) is 0 Å². The van der Waals surface area contributed by atoms with E-state index in [4.69, 9.17) is 26.7 Å². The van der Waals surface area contributed by atoms with Crippen LogP contribution in [0.2, 0.25) is 0 Å². The highest BCUT2D eigenvalue weighted by Gasteiger charge is 2.27. The van der Waals surface area contributed by atoms with Crippen molar-refractivity contribution in [2.75, 3.05) is 38.1 Å². The smallest absolute Gasteiger partial charge is 0.247 e. The minimum Gasteiger partial charge on any atom is -0.494 e. The van der Waals surface area contributed by atoms with Crippen LogP contribution in [0.5, 0.6) is 17.2 Å². The lowest BCUT2D eigenvalue weighted by molar-refractivity contribution is -0.134. The van der Waals surface area contributed by atoms with Crippen molar-refractivity contribution in [2.45, 2.75) is 38.3 Å². The number of ether oxygens (including phenoxy) is 2. The molecule has 3 aromatic carbocycles. The first-order valence-electron chi connectivity index (χ1n) is 14.4. The van der Waals surface area contributed by atoms with E-state index in [0.29, 0.717) is 49.7 Å². The molecular weight excluding hydrogens is 548 g/mol. The second-order valence-electron chi connectivity index (χ2n) is 9.85. The number of aryl methyl sites for hydroxylation is 1. The maximum absolute atomic E-state index is 13.6. The predicted octanol–water partition coefficient (Wildman–Crippen LogP) is 2.40. The Kier molecular flexibility index (Phi) is 13.4. The summed E-state index contributed by atoms with van der Waals surface area (Å²) in [5, 5.41) is 5.64. The summed E-state index contributed by atoms with van der Waals surface area (Å²) < 4.78 is 11.5. The molecule has 3 aromatic rings. The molecule has 3 rings (SSSR count). The van der Waals surface area contributed by atoms with Crippen LogP contribution in [0.25, 0.3) is 0 Å². The van der Waals surface area contributed by atoms with Gasteiger partial charge in [0.25, 0.3) is 0 Å². The molecule has 0 saturated heterocycles. The zero-order valence-electron chi connectivity index (χ0n) is 24.5. The van der Waals surface area contributed by atoms with Crippen LogP contribution in [0.1, 0.15) is 25.3 Å². The number of hydrogen-bond donors (Lipinski definition) is 5. The Balaban J connectivity index is 1.73. The van der Waals surface area contributed by atoms with Gasteiger partial charge in [-0.05, 0) is 61.7 Å². The molecule has 0 aromatic heterocycles. The number of rotatable bonds is 17. The lowest BCUT2D eigenvalue weighted by Crippen LogP contribution is -2.52. The maximum atomic E-state index is 13.6. The molecule has 0 aliphatic carbocycles. The van der Waals surface area contributed by atoms with Crippen molar-refractivity contribution in [3.63, 3.8) is 0 Å². The number of hydrogen-bond acceptors (Lipinski definition) is 8. The van der Waals surface area contributed by atoms with E-state index in [-0.39, 0.29) is 25.4 Å². The van der Waals surface area contributed by atoms with E-state index in [1.54, 1.807) is 48.5 Å². The van der Waals surface area contributed by atoms with Crippen LogP contribution in [0.4, 0.5) is 5.69 Å². The molecule has 0 fully saturated rings. The van der Waals surface area contributed by atoms with Gasteiger partial charge in [-0.25, -0.2) is 0 Å². The molecule has 2 atom stereocenters. The van der Waals surface area contributed by atoms with Gasteiger partial charge in [-0.3, -0.25) is 14.4 Å². The molecule has 0 spiro atoms. The topological polar surface area (TPSA) is 175 Å². The van der Waals surface area contributed by atoms with Gasteiger partial charge in [0.05, 0.1) is 24.8 Å². The van der Waals surface area contributed by atoms with Crippen LogP contribution in [0.3, 0.4) is 0 Å². The van der Waals surface area contributed by atoms with Gasteiger partial charge in [0.15, 0.2) is 5.75 Å². The molecule has 8 N–H and O–H groups in total. The first kappa shape index (κ1) is 33.1. The molecule has 0 bridgehead atoms. The average Bonchev–Trinajstić information content (AvgIpc) is 3.01. The van der Waals surface area contributed by atoms with Gasteiger partial charge in [-0.1, -0.05) is 42.5 Å². The minimum absolute atomic E-state index is 0.238. The third-order valence-corrected chi connectivity index (χ3v) is 6.59. The predicted molar refractivity (Wildman–Crippen MR) is 167 cm³/mol. The van der Waals surface area contributed by atoms with Crippen molar-refractivity contribution in [3.05, 3.63) is 84.4 Å². The monoisotopic (exact) mass is 590 g/mol. The SMILES string of the molecule is CCOc1ccc(Oc2ccccc2NC(=O)[C@H](CCc2ccccc2)NC(=O)[C@@H](N)CC(=O)N(CCN)CCN)cc1. The zero-order chi connectivity index (χ0) is 31.0. The molecule has 11 nitrogen and oxygen atoms in total. The number of nitrogens with one attached hydrogen (secondary N) is 2. The third kappa shape index (κ3) is 10.7. The molecule has 3 amide bonds. The summed E-state index contributed by atoms with van der Waals surface area (Å²) >= 11 is 0. The van der Waals surface area contributed by atoms with Crippen LogP contribution in [-0.2, 0) is 20.8 Å². The number of amides is 3. The van der Waals surface area contributed by atoms with Crippen molar-refractivity contribution >= 4 is 23.4 Å². The third-order valence-electron chi connectivity index (χ3n) is 6.59. The highest BCUT2D eigenvalue weighted by molar-refractivity contribution is 5.99. The summed E-state index contributed by atoms with van der Waals surface area (Å²) in [5.41, 5.74) is 18.7. The van der Waals surface area contributed by atoms with Crippen molar-refractivity contribution in [3.8, 4) is 17.2 Å². The fraction of sp³-hybridized carbons (Fsp3) is 0.344. The van der Waals surface area contributed by atoms with Gasteiger partial charge in [0, 0.05) is 26.2 Å². The number of carbonyl (C=O) groups is 3. The van der Waals surface area contributed by atoms with Crippen LogP contribution >= 0.6 is 0 Å². The summed E-state index contributed by atoms with van der Waals surface area (Å²) in [7, 11) is 0. The van der Waals surface area contributed by atoms with Gasteiger partial charge in [-0.15, -0.1) is 0 Å². The van der Waals surface area contributed by atoms with Crippen LogP contribution in [-0.4, -0.2) is 67.5 Å². The molecule has 0 heterocycles. The van der Waals surface area contributed by atoms with E-state index in [0.717, 1.165) is 11.3 Å². The molecule has 11 heteroatoms. The quantitative estimate of drug-likeness (QED) is 0.159. The van der Waals surface area contributed by atoms with Crippen molar-refractivity contribution in [1.82, 2.24) is 10.2 Å². The number of para-hydroxylation sites is 2. The van der Waals surface area contributed by atoms with Crippen LogP contribution in [0.15, 0.2) is 78.9 Å². The first-order valence-corrected chi connectivity index (χ1v) is 14.4. The van der Waals surface area contributed by atoms with Crippen molar-refractivity contribution in [2.24, 2.45) is 17.2 Å². The van der Waals surface area contributed by atoms with E-state index in [2.05, 4.69) is 10.6 Å². The molecule has 0 aliphatic heterocycles. The highest BCUT2D eigenvalue weighted by Crippen LogP contribution is 2.30. The number of carbonyl (C=O) groups excluding carboxylic acids is 3. The number of nitrogens with zero attached hydrogens (tertiary/aromatic N) is 1. The van der Waals surface area contributed by atoms with Gasteiger partial charge in [0.1, 0.15) is 17.5 Å². The maximum Gasteiger partial charge on any atom is 0.247 e. The normalized spacial score (nSPS) is 12.1. The Labute approximate surface area is 252 Å². The van der Waals surface area contributed by atoms with Gasteiger partial charge in [0.2, 0.25) is 17.7 Å². The van der Waals surface area contributed by atoms with Gasteiger partial charge < -0.3 is 42.2 Å². The van der Waals surface area contributed by atoms with Gasteiger partial charge >= 0.3 is 0 Å². The fourth-order valence-electron chi connectivity index (χ4n) is 4.36. The first-order chi connectivity index (χ1) is 20.8. The summed E-state index contributed by atoms with van der Waals surface area (Å²) in [6, 6.07) is 21.7. The van der Waals surface area contributed by atoms with E-state index in [1.165, 1.54) is 4.90 Å². The van der Waals surface area contributed by atoms with Crippen LogP contribution < -0.4 is 37.3 Å². The van der Waals surface area contributed by atoms with E-state index < -0.39 is 23.9 Å². The average molecular weight is 591 g/mol. The Morgan fingerprint density at radius 3 is 2.12 bits per heavy atom. The number of benzene rings is 3. The zero-order valence-corrected chi connectivity index (χ0v) is 24.5. The summed E-state index contributed by atoms with van der Waals surface area (Å²) in [6.45, 7) is 3.61. The fourth-order valence-corrected chi connectivity index (χ4v) is 4.36. The lowest BCUT2D eigenvalue weighted by atomic mass is 10.0. The molecule has 0 aliphatic rings. The van der Waals surface area contributed by atoms with Crippen molar-refractivity contribution < 1.29 is 23.9 Å². The van der Waals surface area contributed by atoms with Crippen molar-refractivity contribution in [1.29, 1.82) is 0 Å². The summed E-state index contributed by atoms with van der Waals surface area (Å²) in [4.78, 5) is 40.9.